The normalized spacial score (nSPS) is 11.0. The van der Waals surface area contributed by atoms with Crippen molar-refractivity contribution in [3.63, 3.8) is 0 Å². The third kappa shape index (κ3) is 5.55. The molecule has 32 heavy (non-hydrogen) atoms. The maximum Gasteiger partial charge on any atom is 0.273 e. The van der Waals surface area contributed by atoms with Crippen LogP contribution in [0.2, 0.25) is 5.02 Å². The van der Waals surface area contributed by atoms with E-state index < -0.39 is 15.9 Å². The topological polar surface area (TPSA) is 78.8 Å². The third-order valence-electron chi connectivity index (χ3n) is 4.65. The van der Waals surface area contributed by atoms with Gasteiger partial charge in [0.1, 0.15) is 0 Å². The molecule has 0 spiro atoms. The highest BCUT2D eigenvalue weighted by atomic mass is 35.5. The first-order chi connectivity index (χ1) is 15.2. The van der Waals surface area contributed by atoms with Gasteiger partial charge < -0.3 is 0 Å². The van der Waals surface area contributed by atoms with Gasteiger partial charge in [0.15, 0.2) is 0 Å². The number of sulfonamides is 1. The number of halogens is 1. The number of aryl methyl sites for hydroxylation is 1. The molecule has 3 aromatic carbocycles. The van der Waals surface area contributed by atoms with Crippen LogP contribution in [0.3, 0.4) is 0 Å². The predicted octanol–water partition coefficient (Wildman–Crippen LogP) is 5.17. The van der Waals surface area contributed by atoms with Crippen molar-refractivity contribution in [1.29, 1.82) is 0 Å². The van der Waals surface area contributed by atoms with Crippen molar-refractivity contribution in [3.05, 3.63) is 94.5 Å². The van der Waals surface area contributed by atoms with E-state index in [4.69, 9.17) is 11.6 Å². The average Bonchev–Trinajstić information content (AvgIpc) is 2.77. The number of para-hydroxylation sites is 1. The van der Waals surface area contributed by atoms with Crippen molar-refractivity contribution in [2.24, 2.45) is 5.10 Å². The van der Waals surface area contributed by atoms with E-state index in [2.05, 4.69) is 10.5 Å². The standard InChI is InChI=1S/C24H24ClN3O3S/c1-17(2)26-27-24(29)22-6-4-5-7-23(22)28(16-19-10-12-20(25)13-11-19)32(30,31)21-14-8-18(3)9-15-21/h4-15H,16H2,1-3H3,(H,27,29). The molecule has 1 amide bonds. The van der Waals surface area contributed by atoms with Crippen LogP contribution in [0.5, 0.6) is 0 Å². The van der Waals surface area contributed by atoms with Crippen LogP contribution in [0.25, 0.3) is 0 Å². The lowest BCUT2D eigenvalue weighted by atomic mass is 10.1. The van der Waals surface area contributed by atoms with Gasteiger partial charge >= 0.3 is 0 Å². The maximum absolute atomic E-state index is 13.7. The average molecular weight is 470 g/mol. The SMILES string of the molecule is CC(C)=NNC(=O)c1ccccc1N(Cc1ccc(Cl)cc1)S(=O)(=O)c1ccc(C)cc1. The summed E-state index contributed by atoms with van der Waals surface area (Å²) in [6.07, 6.45) is 0. The van der Waals surface area contributed by atoms with Gasteiger partial charge in [0.2, 0.25) is 0 Å². The smallest absolute Gasteiger partial charge is 0.267 e. The van der Waals surface area contributed by atoms with E-state index >= 15 is 0 Å². The fourth-order valence-electron chi connectivity index (χ4n) is 3.00. The van der Waals surface area contributed by atoms with Gasteiger partial charge in [-0.05, 0) is 62.7 Å². The summed E-state index contributed by atoms with van der Waals surface area (Å²) in [6.45, 7) is 5.41. The highest BCUT2D eigenvalue weighted by molar-refractivity contribution is 7.92. The summed E-state index contributed by atoms with van der Waals surface area (Å²) in [5, 5.41) is 4.51. The van der Waals surface area contributed by atoms with Crippen molar-refractivity contribution < 1.29 is 13.2 Å². The van der Waals surface area contributed by atoms with Gasteiger partial charge in [-0.3, -0.25) is 9.10 Å². The van der Waals surface area contributed by atoms with Crippen molar-refractivity contribution in [1.82, 2.24) is 5.43 Å². The molecule has 3 aromatic rings. The zero-order valence-electron chi connectivity index (χ0n) is 18.0. The fraction of sp³-hybridized carbons (Fsp3) is 0.167. The Morgan fingerprint density at radius 3 is 2.22 bits per heavy atom. The van der Waals surface area contributed by atoms with E-state index in [9.17, 15) is 13.2 Å². The van der Waals surface area contributed by atoms with Crippen molar-refractivity contribution >= 4 is 38.9 Å². The lowest BCUT2D eigenvalue weighted by molar-refractivity contribution is 0.0955. The molecule has 0 heterocycles. The van der Waals surface area contributed by atoms with Gasteiger partial charge in [-0.2, -0.15) is 5.10 Å². The molecular formula is C24H24ClN3O3S. The Morgan fingerprint density at radius 2 is 1.59 bits per heavy atom. The molecule has 0 fully saturated rings. The molecular weight excluding hydrogens is 446 g/mol. The molecule has 3 rings (SSSR count). The van der Waals surface area contributed by atoms with Crippen molar-refractivity contribution in [2.45, 2.75) is 32.2 Å². The molecule has 0 radical (unpaired) electrons. The van der Waals surface area contributed by atoms with E-state index in [1.165, 1.54) is 4.31 Å². The molecule has 1 N–H and O–H groups in total. The number of hydrazone groups is 1. The van der Waals surface area contributed by atoms with E-state index in [-0.39, 0.29) is 22.7 Å². The summed E-state index contributed by atoms with van der Waals surface area (Å²) >= 11 is 6.00. The maximum atomic E-state index is 13.7. The Morgan fingerprint density at radius 1 is 0.969 bits per heavy atom. The van der Waals surface area contributed by atoms with Gasteiger partial charge in [-0.25, -0.2) is 13.8 Å². The summed E-state index contributed by atoms with van der Waals surface area (Å²) in [5.74, 6) is -0.498. The molecule has 0 saturated heterocycles. The van der Waals surface area contributed by atoms with Crippen LogP contribution in [0, 0.1) is 6.92 Å². The monoisotopic (exact) mass is 469 g/mol. The molecule has 0 aliphatic carbocycles. The van der Waals surface area contributed by atoms with E-state index in [0.29, 0.717) is 10.7 Å². The number of hydrogen-bond donors (Lipinski definition) is 1. The summed E-state index contributed by atoms with van der Waals surface area (Å²) < 4.78 is 28.6. The number of amides is 1. The van der Waals surface area contributed by atoms with Crippen molar-refractivity contribution in [2.75, 3.05) is 4.31 Å². The van der Waals surface area contributed by atoms with Crippen LogP contribution in [0.4, 0.5) is 5.69 Å². The highest BCUT2D eigenvalue weighted by Crippen LogP contribution is 2.29. The second-order valence-corrected chi connectivity index (χ2v) is 9.77. The van der Waals surface area contributed by atoms with Crippen LogP contribution >= 0.6 is 11.6 Å². The Kier molecular flexibility index (Phi) is 7.33. The molecule has 0 saturated carbocycles. The summed E-state index contributed by atoms with van der Waals surface area (Å²) in [5.41, 5.74) is 5.26. The summed E-state index contributed by atoms with van der Waals surface area (Å²) in [4.78, 5) is 13.0. The zero-order chi connectivity index (χ0) is 23.3. The summed E-state index contributed by atoms with van der Waals surface area (Å²) in [6, 6.07) is 20.1. The first-order valence-electron chi connectivity index (χ1n) is 9.92. The van der Waals surface area contributed by atoms with Crippen LogP contribution in [-0.4, -0.2) is 20.0 Å². The number of hydrogen-bond acceptors (Lipinski definition) is 4. The van der Waals surface area contributed by atoms with E-state index in [0.717, 1.165) is 11.1 Å². The Labute approximate surface area is 193 Å². The number of benzene rings is 3. The molecule has 166 valence electrons. The first kappa shape index (κ1) is 23.5. The molecule has 0 bridgehead atoms. The zero-order valence-corrected chi connectivity index (χ0v) is 19.6. The lowest BCUT2D eigenvalue weighted by Crippen LogP contribution is -2.33. The molecule has 0 aliphatic rings. The largest absolute Gasteiger partial charge is 0.273 e. The quantitative estimate of drug-likeness (QED) is 0.383. The molecule has 0 aliphatic heterocycles. The molecule has 0 aromatic heterocycles. The minimum absolute atomic E-state index is 0.0216. The number of carbonyl (C=O) groups is 1. The van der Waals surface area contributed by atoms with Gasteiger partial charge in [-0.1, -0.05) is 53.6 Å². The number of carbonyl (C=O) groups excluding carboxylic acids is 1. The second kappa shape index (κ2) is 9.97. The second-order valence-electron chi connectivity index (χ2n) is 7.47. The van der Waals surface area contributed by atoms with Crippen molar-refractivity contribution in [3.8, 4) is 0 Å². The van der Waals surface area contributed by atoms with Crippen LogP contribution in [0.15, 0.2) is 82.8 Å². The van der Waals surface area contributed by atoms with Crippen LogP contribution in [-0.2, 0) is 16.6 Å². The lowest BCUT2D eigenvalue weighted by Gasteiger charge is -2.26. The number of anilines is 1. The highest BCUT2D eigenvalue weighted by Gasteiger charge is 2.28. The first-order valence-corrected chi connectivity index (χ1v) is 11.7. The predicted molar refractivity (Wildman–Crippen MR) is 129 cm³/mol. The summed E-state index contributed by atoms with van der Waals surface area (Å²) in [7, 11) is -3.98. The Balaban J connectivity index is 2.13. The molecule has 6 nitrogen and oxygen atoms in total. The molecule has 8 heteroatoms. The van der Waals surface area contributed by atoms with Gasteiger partial charge in [0.05, 0.1) is 22.7 Å². The molecule has 0 unspecified atom stereocenters. The van der Waals surface area contributed by atoms with Crippen LogP contribution < -0.4 is 9.73 Å². The minimum Gasteiger partial charge on any atom is -0.267 e. The minimum atomic E-state index is -3.98. The Bertz CT molecular complexity index is 1230. The van der Waals surface area contributed by atoms with Gasteiger partial charge in [0.25, 0.3) is 15.9 Å². The Hall–Kier alpha value is -3.16. The van der Waals surface area contributed by atoms with E-state index in [1.807, 2.05) is 6.92 Å². The number of nitrogens with zero attached hydrogens (tertiary/aromatic N) is 2. The van der Waals surface area contributed by atoms with Crippen LogP contribution in [0.1, 0.15) is 35.3 Å². The number of rotatable bonds is 7. The fourth-order valence-corrected chi connectivity index (χ4v) is 4.60. The van der Waals surface area contributed by atoms with Gasteiger partial charge in [-0.15, -0.1) is 0 Å². The van der Waals surface area contributed by atoms with E-state index in [1.54, 1.807) is 86.6 Å². The number of nitrogens with one attached hydrogen (secondary N) is 1. The van der Waals surface area contributed by atoms with Gasteiger partial charge in [0, 0.05) is 10.7 Å². The molecule has 0 atom stereocenters. The third-order valence-corrected chi connectivity index (χ3v) is 6.67.